The van der Waals surface area contributed by atoms with Gasteiger partial charge in [0.2, 0.25) is 0 Å². The van der Waals surface area contributed by atoms with Crippen molar-refractivity contribution in [3.63, 3.8) is 0 Å². The Morgan fingerprint density at radius 1 is 1.64 bits per heavy atom. The van der Waals surface area contributed by atoms with Gasteiger partial charge in [-0.3, -0.25) is 0 Å². The minimum atomic E-state index is -0.456. The number of thiol groups is 1. The second-order valence-corrected chi connectivity index (χ2v) is 3.22. The molecule has 0 amide bonds. The van der Waals surface area contributed by atoms with Crippen LogP contribution in [0.3, 0.4) is 0 Å². The van der Waals surface area contributed by atoms with Crippen molar-refractivity contribution in [2.75, 3.05) is 12.4 Å². The molecule has 1 aromatic carbocycles. The first-order chi connectivity index (χ1) is 6.63. The van der Waals surface area contributed by atoms with E-state index in [0.717, 1.165) is 5.69 Å². The van der Waals surface area contributed by atoms with Gasteiger partial charge in [-0.15, -0.1) is 12.6 Å². The zero-order chi connectivity index (χ0) is 10.6. The van der Waals surface area contributed by atoms with Gasteiger partial charge in [-0.1, -0.05) is 6.07 Å². The van der Waals surface area contributed by atoms with E-state index in [0.29, 0.717) is 5.56 Å². The first-order valence-corrected chi connectivity index (χ1v) is 4.53. The molecule has 0 heterocycles. The zero-order valence-electron chi connectivity index (χ0n) is 7.73. The van der Waals surface area contributed by atoms with E-state index in [1.807, 2.05) is 0 Å². The lowest BCUT2D eigenvalue weighted by atomic mass is 10.2. The molecule has 0 aliphatic carbocycles. The van der Waals surface area contributed by atoms with Crippen LogP contribution in [0.15, 0.2) is 24.3 Å². The SMILES string of the molecule is COC(=O)c1cccc(NC(N)S)c1. The Kier molecular flexibility index (Phi) is 3.79. The summed E-state index contributed by atoms with van der Waals surface area (Å²) in [6, 6.07) is 6.86. The van der Waals surface area contributed by atoms with Crippen LogP contribution in [0.5, 0.6) is 0 Å². The topological polar surface area (TPSA) is 64.3 Å². The number of anilines is 1. The van der Waals surface area contributed by atoms with Gasteiger partial charge in [-0.25, -0.2) is 4.79 Å². The van der Waals surface area contributed by atoms with E-state index in [2.05, 4.69) is 22.7 Å². The maximum absolute atomic E-state index is 11.2. The molecular formula is C9H12N2O2S. The molecule has 0 bridgehead atoms. The summed E-state index contributed by atoms with van der Waals surface area (Å²) >= 11 is 3.97. The maximum atomic E-state index is 11.2. The number of methoxy groups -OCH3 is 1. The summed E-state index contributed by atoms with van der Waals surface area (Å²) in [5, 5.41) is 2.86. The van der Waals surface area contributed by atoms with Crippen molar-refractivity contribution < 1.29 is 9.53 Å². The summed E-state index contributed by atoms with van der Waals surface area (Å²) in [4.78, 5) is 11.2. The Morgan fingerprint density at radius 2 is 2.36 bits per heavy atom. The van der Waals surface area contributed by atoms with Crippen LogP contribution in [-0.2, 0) is 4.74 Å². The second kappa shape index (κ2) is 4.88. The van der Waals surface area contributed by atoms with Gasteiger partial charge in [-0.2, -0.15) is 0 Å². The van der Waals surface area contributed by atoms with Crippen LogP contribution < -0.4 is 11.1 Å². The lowest BCUT2D eigenvalue weighted by Crippen LogP contribution is -2.22. The number of carbonyl (C=O) groups is 1. The molecule has 76 valence electrons. The molecule has 4 nitrogen and oxygen atoms in total. The van der Waals surface area contributed by atoms with E-state index in [1.54, 1.807) is 24.3 Å². The highest BCUT2D eigenvalue weighted by atomic mass is 32.1. The normalized spacial score (nSPS) is 11.9. The summed E-state index contributed by atoms with van der Waals surface area (Å²) < 4.78 is 4.58. The van der Waals surface area contributed by atoms with Crippen molar-refractivity contribution in [3.05, 3.63) is 29.8 Å². The van der Waals surface area contributed by atoms with E-state index in [1.165, 1.54) is 7.11 Å². The number of esters is 1. The summed E-state index contributed by atoms with van der Waals surface area (Å²) in [5.74, 6) is -0.374. The Balaban J connectivity index is 2.84. The molecule has 1 unspecified atom stereocenters. The summed E-state index contributed by atoms with van der Waals surface area (Å²) in [5.41, 5.74) is 6.17. The molecular weight excluding hydrogens is 200 g/mol. The van der Waals surface area contributed by atoms with Crippen LogP contribution in [0.1, 0.15) is 10.4 Å². The van der Waals surface area contributed by atoms with Crippen molar-refractivity contribution >= 4 is 24.3 Å². The fraction of sp³-hybridized carbons (Fsp3) is 0.222. The number of nitrogens with one attached hydrogen (secondary N) is 1. The first kappa shape index (κ1) is 10.9. The standard InChI is InChI=1S/C9H12N2O2S/c1-13-8(12)6-3-2-4-7(5-6)11-9(10)14/h2-5,9,11,14H,10H2,1H3. The third-order valence-corrected chi connectivity index (χ3v) is 1.73. The number of hydrogen-bond donors (Lipinski definition) is 3. The Hall–Kier alpha value is -1.20. The molecule has 0 saturated heterocycles. The van der Waals surface area contributed by atoms with Crippen molar-refractivity contribution in [1.29, 1.82) is 0 Å². The minimum absolute atomic E-state index is 0.374. The lowest BCUT2D eigenvalue weighted by Gasteiger charge is -2.09. The largest absolute Gasteiger partial charge is 0.465 e. The number of rotatable bonds is 3. The molecule has 1 atom stereocenters. The highest BCUT2D eigenvalue weighted by Crippen LogP contribution is 2.12. The van der Waals surface area contributed by atoms with E-state index in [-0.39, 0.29) is 5.97 Å². The fourth-order valence-electron chi connectivity index (χ4n) is 1.02. The van der Waals surface area contributed by atoms with Crippen molar-refractivity contribution in [2.45, 2.75) is 5.50 Å². The molecule has 14 heavy (non-hydrogen) atoms. The average Bonchev–Trinajstić information content (AvgIpc) is 2.16. The highest BCUT2D eigenvalue weighted by Gasteiger charge is 2.05. The number of nitrogens with two attached hydrogens (primary N) is 1. The van der Waals surface area contributed by atoms with Gasteiger partial charge in [0.05, 0.1) is 12.7 Å². The molecule has 1 rings (SSSR count). The van der Waals surface area contributed by atoms with Crippen LogP contribution in [0, 0.1) is 0 Å². The van der Waals surface area contributed by atoms with Gasteiger partial charge in [0.1, 0.15) is 5.50 Å². The molecule has 0 saturated carbocycles. The summed E-state index contributed by atoms with van der Waals surface area (Å²) in [6.45, 7) is 0. The van der Waals surface area contributed by atoms with Gasteiger partial charge in [0.15, 0.2) is 0 Å². The van der Waals surface area contributed by atoms with Crippen LogP contribution in [-0.4, -0.2) is 18.6 Å². The van der Waals surface area contributed by atoms with Crippen LogP contribution >= 0.6 is 12.6 Å². The second-order valence-electron chi connectivity index (χ2n) is 2.66. The smallest absolute Gasteiger partial charge is 0.337 e. The molecule has 5 heteroatoms. The van der Waals surface area contributed by atoms with Crippen molar-refractivity contribution in [1.82, 2.24) is 0 Å². The van der Waals surface area contributed by atoms with E-state index in [4.69, 9.17) is 5.73 Å². The molecule has 0 aliphatic heterocycles. The summed E-state index contributed by atoms with van der Waals surface area (Å²) in [6.07, 6.45) is 0. The van der Waals surface area contributed by atoms with Crippen molar-refractivity contribution in [2.24, 2.45) is 5.73 Å². The molecule has 0 aromatic heterocycles. The van der Waals surface area contributed by atoms with Crippen LogP contribution in [0.4, 0.5) is 5.69 Å². The van der Waals surface area contributed by atoms with Gasteiger partial charge < -0.3 is 15.8 Å². The monoisotopic (exact) mass is 212 g/mol. The summed E-state index contributed by atoms with van der Waals surface area (Å²) in [7, 11) is 1.34. The molecule has 0 radical (unpaired) electrons. The minimum Gasteiger partial charge on any atom is -0.465 e. The average molecular weight is 212 g/mol. The van der Waals surface area contributed by atoms with Crippen LogP contribution in [0.2, 0.25) is 0 Å². The Bertz CT molecular complexity index is 328. The number of benzene rings is 1. The number of hydrogen-bond acceptors (Lipinski definition) is 5. The maximum Gasteiger partial charge on any atom is 0.337 e. The van der Waals surface area contributed by atoms with Gasteiger partial charge in [0, 0.05) is 5.69 Å². The molecule has 0 aliphatic rings. The predicted octanol–water partition coefficient (Wildman–Crippen LogP) is 1.06. The lowest BCUT2D eigenvalue weighted by molar-refractivity contribution is 0.0601. The Morgan fingerprint density at radius 3 is 2.93 bits per heavy atom. The quantitative estimate of drug-likeness (QED) is 0.398. The number of ether oxygens (including phenoxy) is 1. The Labute approximate surface area is 87.8 Å². The third-order valence-electron chi connectivity index (χ3n) is 1.60. The van der Waals surface area contributed by atoms with Crippen LogP contribution in [0.25, 0.3) is 0 Å². The van der Waals surface area contributed by atoms with Crippen molar-refractivity contribution in [3.8, 4) is 0 Å². The van der Waals surface area contributed by atoms with Gasteiger partial charge >= 0.3 is 5.97 Å². The molecule has 0 fully saturated rings. The zero-order valence-corrected chi connectivity index (χ0v) is 8.62. The number of carbonyl (C=O) groups excluding carboxylic acids is 1. The molecule has 0 spiro atoms. The fourth-order valence-corrected chi connectivity index (χ4v) is 1.17. The van der Waals surface area contributed by atoms with E-state index >= 15 is 0 Å². The molecule has 1 aromatic rings. The first-order valence-electron chi connectivity index (χ1n) is 4.02. The van der Waals surface area contributed by atoms with E-state index in [9.17, 15) is 4.79 Å². The van der Waals surface area contributed by atoms with Gasteiger partial charge in [0.25, 0.3) is 0 Å². The van der Waals surface area contributed by atoms with E-state index < -0.39 is 5.50 Å². The molecule has 3 N–H and O–H groups in total. The third kappa shape index (κ3) is 2.93. The highest BCUT2D eigenvalue weighted by molar-refractivity contribution is 7.81. The predicted molar refractivity (Wildman–Crippen MR) is 58.4 cm³/mol. The van der Waals surface area contributed by atoms with Gasteiger partial charge in [-0.05, 0) is 18.2 Å².